The molecule has 1 aromatic heterocycles. The number of anilines is 1. The molecule has 1 N–H and O–H groups in total. The molecule has 2 aliphatic heterocycles. The maximum Gasteiger partial charge on any atom is 0.416 e. The fraction of sp³-hybridized carbons (Fsp3) is 0.414. The average Bonchev–Trinajstić information content (AvgIpc) is 2.94. The number of hydrogen-bond donors (Lipinski definition) is 1. The van der Waals surface area contributed by atoms with Crippen LogP contribution in [0.5, 0.6) is 0 Å². The lowest BCUT2D eigenvalue weighted by Gasteiger charge is -2.38. The second-order valence-corrected chi connectivity index (χ2v) is 9.81. The molecule has 2 aliphatic rings. The summed E-state index contributed by atoms with van der Waals surface area (Å²) in [6.07, 6.45) is -0.964. The molecule has 3 aromatic rings. The van der Waals surface area contributed by atoms with Crippen LogP contribution in [0.1, 0.15) is 29.5 Å². The van der Waals surface area contributed by atoms with E-state index in [9.17, 15) is 13.2 Å². The van der Waals surface area contributed by atoms with E-state index in [-0.39, 0.29) is 12.0 Å². The zero-order valence-electron chi connectivity index (χ0n) is 20.8. The fourth-order valence-electron chi connectivity index (χ4n) is 5.22. The predicted molar refractivity (Wildman–Crippen MR) is 138 cm³/mol. The molecule has 0 spiro atoms. The molecule has 0 saturated carbocycles. The van der Waals surface area contributed by atoms with E-state index in [1.54, 1.807) is 12.3 Å². The summed E-state index contributed by atoms with van der Waals surface area (Å²) in [5, 5.41) is 3.40. The lowest BCUT2D eigenvalue weighted by molar-refractivity contribution is -0.137. The summed E-state index contributed by atoms with van der Waals surface area (Å²) in [7, 11) is 0. The molecular formula is C29H32F3N3O2. The minimum atomic E-state index is -4.45. The van der Waals surface area contributed by atoms with Gasteiger partial charge in [-0.15, -0.1) is 0 Å². The number of nitrogens with one attached hydrogen (secondary N) is 1. The topological polar surface area (TPSA) is 46.6 Å². The number of benzene rings is 2. The quantitative estimate of drug-likeness (QED) is 0.458. The average molecular weight is 512 g/mol. The Morgan fingerprint density at radius 1 is 0.946 bits per heavy atom. The molecular weight excluding hydrogens is 479 g/mol. The van der Waals surface area contributed by atoms with Crippen LogP contribution >= 0.6 is 0 Å². The largest absolute Gasteiger partial charge is 0.416 e. The van der Waals surface area contributed by atoms with Gasteiger partial charge in [0.05, 0.1) is 32.0 Å². The van der Waals surface area contributed by atoms with Gasteiger partial charge in [0.25, 0.3) is 0 Å². The Labute approximate surface area is 215 Å². The van der Waals surface area contributed by atoms with Gasteiger partial charge in [-0.3, -0.25) is 0 Å². The number of piperidine rings is 1. The fourth-order valence-corrected chi connectivity index (χ4v) is 5.22. The highest BCUT2D eigenvalue weighted by Crippen LogP contribution is 2.36. The Bertz CT molecular complexity index is 1160. The van der Waals surface area contributed by atoms with E-state index < -0.39 is 11.7 Å². The Morgan fingerprint density at radius 2 is 1.70 bits per heavy atom. The highest BCUT2D eigenvalue weighted by molar-refractivity contribution is 5.66. The number of nitrogens with zero attached hydrogens (tertiary/aromatic N) is 2. The third-order valence-electron chi connectivity index (χ3n) is 7.33. The molecule has 5 nitrogen and oxygen atoms in total. The van der Waals surface area contributed by atoms with E-state index in [1.165, 1.54) is 17.7 Å². The van der Waals surface area contributed by atoms with Gasteiger partial charge in [0, 0.05) is 30.3 Å². The van der Waals surface area contributed by atoms with Gasteiger partial charge in [-0.2, -0.15) is 13.2 Å². The van der Waals surface area contributed by atoms with Crippen LogP contribution in [0.4, 0.5) is 19.0 Å². The maximum atomic E-state index is 13.8. The van der Waals surface area contributed by atoms with Gasteiger partial charge in [0.1, 0.15) is 5.82 Å². The zero-order chi connectivity index (χ0) is 25.7. The Hall–Kier alpha value is -2.94. The smallest absolute Gasteiger partial charge is 0.378 e. The van der Waals surface area contributed by atoms with Crippen LogP contribution in [0, 0.1) is 0 Å². The molecule has 2 saturated heterocycles. The van der Waals surface area contributed by atoms with Crippen molar-refractivity contribution in [2.75, 3.05) is 50.9 Å². The maximum absolute atomic E-state index is 13.8. The van der Waals surface area contributed by atoms with Crippen LogP contribution in [0.3, 0.4) is 0 Å². The first kappa shape index (κ1) is 25.7. The molecule has 0 amide bonds. The molecule has 8 heteroatoms. The zero-order valence-corrected chi connectivity index (χ0v) is 20.8. The number of morpholine rings is 1. The van der Waals surface area contributed by atoms with Gasteiger partial charge >= 0.3 is 6.18 Å². The number of halogens is 3. The molecule has 2 aromatic carbocycles. The summed E-state index contributed by atoms with van der Waals surface area (Å²) in [6, 6.07) is 18.1. The van der Waals surface area contributed by atoms with Gasteiger partial charge < -0.3 is 19.7 Å². The van der Waals surface area contributed by atoms with E-state index >= 15 is 0 Å². The first-order valence-corrected chi connectivity index (χ1v) is 12.8. The second kappa shape index (κ2) is 11.2. The van der Waals surface area contributed by atoms with E-state index in [0.29, 0.717) is 36.5 Å². The number of rotatable bonds is 7. The molecule has 196 valence electrons. The summed E-state index contributed by atoms with van der Waals surface area (Å²) < 4.78 is 52.9. The van der Waals surface area contributed by atoms with Crippen LogP contribution < -0.4 is 10.2 Å². The van der Waals surface area contributed by atoms with Crippen molar-refractivity contribution in [1.82, 2.24) is 10.3 Å². The van der Waals surface area contributed by atoms with Gasteiger partial charge in [0.15, 0.2) is 0 Å². The molecule has 0 atom stereocenters. The third-order valence-corrected chi connectivity index (χ3v) is 7.33. The minimum absolute atomic E-state index is 0.109. The summed E-state index contributed by atoms with van der Waals surface area (Å²) in [4.78, 5) is 6.63. The number of hydrogen-bond acceptors (Lipinski definition) is 5. The lowest BCUT2D eigenvalue weighted by atomic mass is 9.74. The van der Waals surface area contributed by atoms with Gasteiger partial charge in [0.2, 0.25) is 0 Å². The van der Waals surface area contributed by atoms with Crippen molar-refractivity contribution in [2.24, 2.45) is 0 Å². The first-order chi connectivity index (χ1) is 17.9. The minimum Gasteiger partial charge on any atom is -0.378 e. The number of pyridine rings is 1. The highest BCUT2D eigenvalue weighted by atomic mass is 19.4. The number of ether oxygens (including phenoxy) is 2. The van der Waals surface area contributed by atoms with Gasteiger partial charge in [-0.25, -0.2) is 4.98 Å². The Kier molecular flexibility index (Phi) is 7.79. The van der Waals surface area contributed by atoms with Crippen molar-refractivity contribution in [3.63, 3.8) is 0 Å². The van der Waals surface area contributed by atoms with Crippen molar-refractivity contribution >= 4 is 5.82 Å². The molecule has 0 bridgehead atoms. The van der Waals surface area contributed by atoms with Crippen LogP contribution in [-0.2, 0) is 27.7 Å². The molecule has 0 radical (unpaired) electrons. The number of aromatic nitrogens is 1. The number of alkyl halides is 3. The highest BCUT2D eigenvalue weighted by Gasteiger charge is 2.34. The summed E-state index contributed by atoms with van der Waals surface area (Å²) in [5.41, 5.74) is 2.01. The normalized spacial score (nSPS) is 18.1. The monoisotopic (exact) mass is 511 g/mol. The summed E-state index contributed by atoms with van der Waals surface area (Å²) in [5.74, 6) is 0.802. The molecule has 3 heterocycles. The van der Waals surface area contributed by atoms with Crippen molar-refractivity contribution in [3.05, 3.63) is 83.6 Å². The van der Waals surface area contributed by atoms with Gasteiger partial charge in [-0.1, -0.05) is 30.3 Å². The molecule has 2 fully saturated rings. The van der Waals surface area contributed by atoms with E-state index in [2.05, 4.69) is 27.3 Å². The Balaban J connectivity index is 1.35. The predicted octanol–water partition coefficient (Wildman–Crippen LogP) is 5.44. The van der Waals surface area contributed by atoms with E-state index in [1.807, 2.05) is 30.3 Å². The molecule has 0 aliphatic carbocycles. The van der Waals surface area contributed by atoms with Crippen molar-refractivity contribution in [2.45, 2.75) is 31.0 Å². The third kappa shape index (κ3) is 6.14. The van der Waals surface area contributed by atoms with E-state index in [4.69, 9.17) is 9.47 Å². The Morgan fingerprint density at radius 3 is 2.38 bits per heavy atom. The van der Waals surface area contributed by atoms with Crippen LogP contribution in [-0.4, -0.2) is 51.0 Å². The second-order valence-electron chi connectivity index (χ2n) is 9.81. The van der Waals surface area contributed by atoms with Gasteiger partial charge in [-0.05, 0) is 73.0 Å². The van der Waals surface area contributed by atoms with Crippen LogP contribution in [0.15, 0.2) is 66.9 Å². The molecule has 5 rings (SSSR count). The van der Waals surface area contributed by atoms with Crippen molar-refractivity contribution < 1.29 is 22.6 Å². The molecule has 0 unspecified atom stereocenters. The van der Waals surface area contributed by atoms with Crippen molar-refractivity contribution in [3.8, 4) is 11.1 Å². The standard InChI is InChI=1S/C29H32F3N3O2/c30-29(31,32)26-17-22(20-37-21-28(8-10-33-11-9-28)25-4-2-1-3-5-25)16-24(18-26)23-6-7-27(34-19-23)35-12-14-36-15-13-35/h1-7,16-19,33H,8-15,20-21H2. The molecule has 37 heavy (non-hydrogen) atoms. The first-order valence-electron chi connectivity index (χ1n) is 12.8. The lowest BCUT2D eigenvalue weighted by Crippen LogP contribution is -2.43. The summed E-state index contributed by atoms with van der Waals surface area (Å²) >= 11 is 0. The SMILES string of the molecule is FC(F)(F)c1cc(COCC2(c3ccccc3)CCNCC2)cc(-c2ccc(N3CCOCC3)nc2)c1. The van der Waals surface area contributed by atoms with Crippen molar-refractivity contribution in [1.29, 1.82) is 0 Å². The van der Waals surface area contributed by atoms with Crippen LogP contribution in [0.25, 0.3) is 11.1 Å². The summed E-state index contributed by atoms with van der Waals surface area (Å²) in [6.45, 7) is 5.12. The van der Waals surface area contributed by atoms with E-state index in [0.717, 1.165) is 44.8 Å². The van der Waals surface area contributed by atoms with Crippen LogP contribution in [0.2, 0.25) is 0 Å².